The van der Waals surface area contributed by atoms with Gasteiger partial charge < -0.3 is 20.5 Å². The van der Waals surface area contributed by atoms with E-state index >= 15 is 0 Å². The second-order valence-corrected chi connectivity index (χ2v) is 6.17. The molecule has 0 aliphatic rings. The first kappa shape index (κ1) is 17.6. The average molecular weight is 348 g/mol. The molecule has 0 aromatic heterocycles. The second kappa shape index (κ2) is 8.27. The summed E-state index contributed by atoms with van der Waals surface area (Å²) in [5.74, 6) is -1.59. The number of nitrogens with two attached hydrogens (primary N) is 1. The molecule has 0 spiro atoms. The summed E-state index contributed by atoms with van der Waals surface area (Å²) >= 11 is 0. The van der Waals surface area contributed by atoms with Crippen LogP contribution in [0.1, 0.15) is 12.0 Å². The predicted octanol–water partition coefficient (Wildman–Crippen LogP) is 1.05. The van der Waals surface area contributed by atoms with E-state index < -0.39 is 12.0 Å². The summed E-state index contributed by atoms with van der Waals surface area (Å²) in [7, 11) is 0. The number of anilines is 1. The third kappa shape index (κ3) is 4.68. The van der Waals surface area contributed by atoms with Gasteiger partial charge in [-0.1, -0.05) is 60.7 Å². The summed E-state index contributed by atoms with van der Waals surface area (Å²) in [5.41, 5.74) is 1.64. The van der Waals surface area contributed by atoms with Crippen LogP contribution in [0, 0.1) is 0 Å². The highest BCUT2D eigenvalue weighted by molar-refractivity contribution is 5.96. The highest BCUT2D eigenvalue weighted by atomic mass is 16.4. The molecule has 0 aliphatic carbocycles. The van der Waals surface area contributed by atoms with E-state index in [2.05, 4.69) is 5.32 Å². The Balaban J connectivity index is 1.60. The monoisotopic (exact) mass is 348 g/mol. The first-order chi connectivity index (χ1) is 12.6. The summed E-state index contributed by atoms with van der Waals surface area (Å²) in [4.78, 5) is 23.6. The quantitative estimate of drug-likeness (QED) is 0.669. The van der Waals surface area contributed by atoms with Gasteiger partial charge in [-0.2, -0.15) is 0 Å². The number of amides is 1. The third-order valence-electron chi connectivity index (χ3n) is 4.22. The van der Waals surface area contributed by atoms with E-state index in [4.69, 9.17) is 0 Å². The lowest BCUT2D eigenvalue weighted by Crippen LogP contribution is -2.92. The summed E-state index contributed by atoms with van der Waals surface area (Å²) in [6, 6.07) is 22.0. The van der Waals surface area contributed by atoms with Crippen LogP contribution in [0.5, 0.6) is 0 Å². The largest absolute Gasteiger partial charge is 0.544 e. The van der Waals surface area contributed by atoms with Gasteiger partial charge in [-0.3, -0.25) is 4.79 Å². The van der Waals surface area contributed by atoms with Crippen molar-refractivity contribution in [2.45, 2.75) is 19.0 Å². The van der Waals surface area contributed by atoms with E-state index in [1.165, 1.54) is 0 Å². The number of carbonyl (C=O) groups excluding carboxylic acids is 2. The van der Waals surface area contributed by atoms with Crippen LogP contribution in [0.3, 0.4) is 0 Å². The lowest BCUT2D eigenvalue weighted by atomic mass is 10.1. The van der Waals surface area contributed by atoms with Crippen molar-refractivity contribution in [3.05, 3.63) is 78.4 Å². The van der Waals surface area contributed by atoms with E-state index in [9.17, 15) is 14.7 Å². The number of carbonyl (C=O) groups is 2. The average Bonchev–Trinajstić information content (AvgIpc) is 2.65. The second-order valence-electron chi connectivity index (χ2n) is 6.17. The minimum absolute atomic E-state index is 0.151. The van der Waals surface area contributed by atoms with Gasteiger partial charge in [-0.05, 0) is 22.9 Å². The molecule has 5 heteroatoms. The molecule has 5 nitrogen and oxygen atoms in total. The summed E-state index contributed by atoms with van der Waals surface area (Å²) in [6.07, 6.45) is -0.151. The van der Waals surface area contributed by atoms with Gasteiger partial charge in [0, 0.05) is 11.3 Å². The Hall–Kier alpha value is -3.18. The van der Waals surface area contributed by atoms with Crippen molar-refractivity contribution in [1.29, 1.82) is 0 Å². The zero-order chi connectivity index (χ0) is 18.4. The Kier molecular flexibility index (Phi) is 5.61. The Morgan fingerprint density at radius 3 is 2.35 bits per heavy atom. The topological polar surface area (TPSA) is 85.8 Å². The van der Waals surface area contributed by atoms with E-state index in [0.717, 1.165) is 16.3 Å². The van der Waals surface area contributed by atoms with Gasteiger partial charge >= 0.3 is 0 Å². The number of carboxylic acid groups (broad SMARTS) is 1. The first-order valence-electron chi connectivity index (χ1n) is 8.48. The fraction of sp³-hybridized carbons (Fsp3) is 0.143. The Bertz CT molecular complexity index is 909. The van der Waals surface area contributed by atoms with Gasteiger partial charge in [0.15, 0.2) is 0 Å². The number of quaternary nitrogens is 1. The summed E-state index contributed by atoms with van der Waals surface area (Å²) in [6.45, 7) is 0.475. The lowest BCUT2D eigenvalue weighted by Gasteiger charge is -2.16. The van der Waals surface area contributed by atoms with Crippen molar-refractivity contribution in [1.82, 2.24) is 0 Å². The molecule has 3 aromatic carbocycles. The van der Waals surface area contributed by atoms with Crippen LogP contribution in [0.2, 0.25) is 0 Å². The lowest BCUT2D eigenvalue weighted by molar-refractivity contribution is -0.697. The maximum atomic E-state index is 12.3. The molecule has 0 fully saturated rings. The van der Waals surface area contributed by atoms with Crippen LogP contribution in [0.15, 0.2) is 72.8 Å². The van der Waals surface area contributed by atoms with Crippen LogP contribution < -0.4 is 15.7 Å². The van der Waals surface area contributed by atoms with Gasteiger partial charge in [-0.15, -0.1) is 0 Å². The molecule has 0 saturated heterocycles. The molecule has 1 atom stereocenters. The van der Waals surface area contributed by atoms with E-state index in [1.54, 1.807) is 5.32 Å². The Morgan fingerprint density at radius 2 is 1.62 bits per heavy atom. The van der Waals surface area contributed by atoms with Crippen molar-refractivity contribution in [3.63, 3.8) is 0 Å². The summed E-state index contributed by atoms with van der Waals surface area (Å²) in [5, 5.41) is 17.8. The van der Waals surface area contributed by atoms with Gasteiger partial charge in [0.05, 0.1) is 12.4 Å². The van der Waals surface area contributed by atoms with Gasteiger partial charge in [0.25, 0.3) is 0 Å². The fourth-order valence-corrected chi connectivity index (χ4v) is 2.83. The number of benzene rings is 3. The minimum atomic E-state index is -1.24. The van der Waals surface area contributed by atoms with Crippen LogP contribution in [-0.2, 0) is 16.1 Å². The molecule has 3 aromatic rings. The van der Waals surface area contributed by atoms with E-state index in [-0.39, 0.29) is 12.3 Å². The zero-order valence-corrected chi connectivity index (χ0v) is 14.2. The highest BCUT2D eigenvalue weighted by Crippen LogP contribution is 2.18. The zero-order valence-electron chi connectivity index (χ0n) is 14.2. The van der Waals surface area contributed by atoms with Crippen LogP contribution in [-0.4, -0.2) is 17.9 Å². The highest BCUT2D eigenvalue weighted by Gasteiger charge is 2.18. The number of nitrogens with one attached hydrogen (secondary N) is 1. The fourth-order valence-electron chi connectivity index (χ4n) is 2.83. The van der Waals surface area contributed by atoms with Gasteiger partial charge in [0.2, 0.25) is 5.91 Å². The molecule has 0 heterocycles. The molecule has 26 heavy (non-hydrogen) atoms. The van der Waals surface area contributed by atoms with Gasteiger partial charge in [0.1, 0.15) is 12.6 Å². The molecule has 3 N–H and O–H groups in total. The van der Waals surface area contributed by atoms with Crippen LogP contribution >= 0.6 is 0 Å². The van der Waals surface area contributed by atoms with E-state index in [1.807, 2.05) is 72.8 Å². The maximum Gasteiger partial charge on any atom is 0.230 e. The number of carboxylic acids is 1. The first-order valence-corrected chi connectivity index (χ1v) is 8.48. The standard InChI is InChI=1S/C21H20N2O3/c24-20(23-18-11-10-16-8-4-5-9-17(16)12-18)13-19(21(25)26)22-14-15-6-2-1-3-7-15/h1-12,19,22H,13-14H2,(H,23,24)(H,25,26)/t19-/m1/s1. The normalized spacial score (nSPS) is 11.8. The Morgan fingerprint density at radius 1 is 0.923 bits per heavy atom. The van der Waals surface area contributed by atoms with E-state index in [0.29, 0.717) is 12.2 Å². The molecule has 3 rings (SSSR count). The van der Waals surface area contributed by atoms with Crippen molar-refractivity contribution < 1.29 is 20.0 Å². The van der Waals surface area contributed by atoms with Gasteiger partial charge in [-0.25, -0.2) is 0 Å². The van der Waals surface area contributed by atoms with Crippen molar-refractivity contribution in [2.24, 2.45) is 0 Å². The smallest absolute Gasteiger partial charge is 0.230 e. The number of hydrogen-bond donors (Lipinski definition) is 2. The number of rotatable bonds is 7. The molecule has 132 valence electrons. The predicted molar refractivity (Wildman–Crippen MR) is 98.1 cm³/mol. The van der Waals surface area contributed by atoms with Crippen LogP contribution in [0.25, 0.3) is 10.8 Å². The SMILES string of the molecule is O=C(C[C@@H]([NH2+]Cc1ccccc1)C(=O)[O-])Nc1ccc2ccccc2c1. The molecule has 1 amide bonds. The summed E-state index contributed by atoms with van der Waals surface area (Å²) < 4.78 is 0. The number of hydrogen-bond acceptors (Lipinski definition) is 3. The molecule has 0 saturated carbocycles. The Labute approximate surface area is 151 Å². The minimum Gasteiger partial charge on any atom is -0.544 e. The van der Waals surface area contributed by atoms with Crippen molar-refractivity contribution >= 4 is 28.3 Å². The molecule has 0 radical (unpaired) electrons. The molecule has 0 bridgehead atoms. The molecule has 0 aliphatic heterocycles. The molecular weight excluding hydrogens is 328 g/mol. The molecule has 0 unspecified atom stereocenters. The number of aliphatic carboxylic acids is 1. The van der Waals surface area contributed by atoms with Crippen LogP contribution in [0.4, 0.5) is 5.69 Å². The third-order valence-corrected chi connectivity index (χ3v) is 4.22. The molecular formula is C21H20N2O3. The van der Waals surface area contributed by atoms with Crippen molar-refractivity contribution in [2.75, 3.05) is 5.32 Å². The van der Waals surface area contributed by atoms with Crippen molar-refractivity contribution in [3.8, 4) is 0 Å². The number of fused-ring (bicyclic) bond motifs is 1. The maximum absolute atomic E-state index is 12.3.